The zero-order valence-corrected chi connectivity index (χ0v) is 6.13. The van der Waals surface area contributed by atoms with Crippen molar-refractivity contribution in [3.63, 3.8) is 0 Å². The van der Waals surface area contributed by atoms with Gasteiger partial charge in [0.05, 0.1) is 6.20 Å². The number of nitrogens with zero attached hydrogens (tertiary/aromatic N) is 2. The Bertz CT molecular complexity index is 233. The van der Waals surface area contributed by atoms with Crippen molar-refractivity contribution in [2.45, 2.75) is 6.92 Å². The molecule has 0 aliphatic carbocycles. The van der Waals surface area contributed by atoms with Crippen LogP contribution in [0.15, 0.2) is 12.4 Å². The summed E-state index contributed by atoms with van der Waals surface area (Å²) in [6.45, 7) is 1.78. The number of aryl methyl sites for hydroxylation is 1. The Morgan fingerprint density at radius 1 is 1.80 bits per heavy atom. The van der Waals surface area contributed by atoms with Crippen LogP contribution in [0.25, 0.3) is 0 Å². The van der Waals surface area contributed by atoms with E-state index in [9.17, 15) is 4.79 Å². The highest BCUT2D eigenvalue weighted by Gasteiger charge is 1.98. The van der Waals surface area contributed by atoms with E-state index in [1.807, 2.05) is 0 Å². The SMILES string of the molecule is Cc1cnn(C(=O)O)c1.Cl. The number of aromatic nitrogens is 2. The first-order valence-corrected chi connectivity index (χ1v) is 2.45. The summed E-state index contributed by atoms with van der Waals surface area (Å²) in [5, 5.41) is 11.8. The minimum atomic E-state index is -1.05. The molecule has 1 rings (SSSR count). The van der Waals surface area contributed by atoms with Gasteiger partial charge in [0, 0.05) is 6.20 Å². The molecule has 1 aromatic rings. The quantitative estimate of drug-likeness (QED) is 0.623. The Hall–Kier alpha value is -1.03. The van der Waals surface area contributed by atoms with Gasteiger partial charge in [-0.3, -0.25) is 0 Å². The molecule has 0 spiro atoms. The molecule has 1 heterocycles. The average Bonchev–Trinajstić information content (AvgIpc) is 2.14. The summed E-state index contributed by atoms with van der Waals surface area (Å²) in [6.07, 6.45) is 1.89. The monoisotopic (exact) mass is 162 g/mol. The van der Waals surface area contributed by atoms with E-state index in [0.717, 1.165) is 10.2 Å². The van der Waals surface area contributed by atoms with Crippen molar-refractivity contribution in [1.82, 2.24) is 9.78 Å². The van der Waals surface area contributed by atoms with Gasteiger partial charge in [0.15, 0.2) is 0 Å². The van der Waals surface area contributed by atoms with Gasteiger partial charge in [-0.15, -0.1) is 12.4 Å². The highest BCUT2D eigenvalue weighted by Crippen LogP contribution is 1.92. The maximum atomic E-state index is 10.1. The van der Waals surface area contributed by atoms with E-state index in [0.29, 0.717) is 0 Å². The van der Waals surface area contributed by atoms with Gasteiger partial charge < -0.3 is 5.11 Å². The van der Waals surface area contributed by atoms with Gasteiger partial charge in [0.1, 0.15) is 0 Å². The molecule has 0 fully saturated rings. The van der Waals surface area contributed by atoms with Gasteiger partial charge in [-0.25, -0.2) is 4.79 Å². The third-order valence-corrected chi connectivity index (χ3v) is 0.908. The van der Waals surface area contributed by atoms with E-state index in [1.165, 1.54) is 12.4 Å². The molecule has 0 atom stereocenters. The zero-order valence-electron chi connectivity index (χ0n) is 5.31. The number of hydrogen-bond acceptors (Lipinski definition) is 2. The second kappa shape index (κ2) is 3.22. The number of carboxylic acid groups (broad SMARTS) is 1. The fourth-order valence-corrected chi connectivity index (χ4v) is 0.517. The van der Waals surface area contributed by atoms with Gasteiger partial charge in [0.2, 0.25) is 0 Å². The van der Waals surface area contributed by atoms with Crippen LogP contribution >= 0.6 is 12.4 Å². The highest BCUT2D eigenvalue weighted by molar-refractivity contribution is 5.85. The molecule has 5 heteroatoms. The Labute approximate surface area is 63.9 Å². The number of carbonyl (C=O) groups is 1. The summed E-state index contributed by atoms with van der Waals surface area (Å²) in [6, 6.07) is 0. The molecule has 56 valence electrons. The van der Waals surface area contributed by atoms with Crippen molar-refractivity contribution in [3.05, 3.63) is 18.0 Å². The predicted octanol–water partition coefficient (Wildman–Crippen LogP) is 1.14. The second-order valence-corrected chi connectivity index (χ2v) is 1.74. The third-order valence-electron chi connectivity index (χ3n) is 0.908. The van der Waals surface area contributed by atoms with Gasteiger partial charge in [-0.2, -0.15) is 9.78 Å². The molecule has 0 saturated heterocycles. The van der Waals surface area contributed by atoms with Gasteiger partial charge in [-0.1, -0.05) is 0 Å². The minimum absolute atomic E-state index is 0. The normalized spacial score (nSPS) is 8.50. The van der Waals surface area contributed by atoms with Crippen LogP contribution in [0.5, 0.6) is 0 Å². The molecule has 4 nitrogen and oxygen atoms in total. The maximum absolute atomic E-state index is 10.1. The van der Waals surface area contributed by atoms with Crippen LogP contribution in [-0.4, -0.2) is 21.0 Å². The van der Waals surface area contributed by atoms with E-state index in [-0.39, 0.29) is 12.4 Å². The Kier molecular flexibility index (Phi) is 2.89. The second-order valence-electron chi connectivity index (χ2n) is 1.74. The van der Waals surface area contributed by atoms with Crippen molar-refractivity contribution >= 4 is 18.5 Å². The van der Waals surface area contributed by atoms with Crippen LogP contribution in [0.4, 0.5) is 4.79 Å². The molecule has 1 aromatic heterocycles. The molecular formula is C5H7ClN2O2. The third kappa shape index (κ3) is 1.73. The summed E-state index contributed by atoms with van der Waals surface area (Å²) in [7, 11) is 0. The lowest BCUT2D eigenvalue weighted by Gasteiger charge is -1.85. The topological polar surface area (TPSA) is 55.1 Å². The maximum Gasteiger partial charge on any atom is 0.432 e. The first kappa shape index (κ1) is 8.97. The summed E-state index contributed by atoms with van der Waals surface area (Å²) in [4.78, 5) is 10.1. The first-order valence-electron chi connectivity index (χ1n) is 2.45. The standard InChI is InChI=1S/C5H6N2O2.ClH/c1-4-2-6-7(3-4)5(8)9;/h2-3H,1H3,(H,8,9);1H. The van der Waals surface area contributed by atoms with Crippen LogP contribution in [0.3, 0.4) is 0 Å². The summed E-state index contributed by atoms with van der Waals surface area (Å²) in [5.74, 6) is 0. The lowest BCUT2D eigenvalue weighted by Crippen LogP contribution is -2.07. The van der Waals surface area contributed by atoms with Crippen LogP contribution in [-0.2, 0) is 0 Å². The number of hydrogen-bond donors (Lipinski definition) is 1. The molecule has 0 aliphatic heterocycles. The number of rotatable bonds is 0. The van der Waals surface area contributed by atoms with Crippen LogP contribution in [0.1, 0.15) is 5.56 Å². The van der Waals surface area contributed by atoms with E-state index < -0.39 is 6.09 Å². The molecule has 0 aliphatic rings. The molecular weight excluding hydrogens is 156 g/mol. The van der Waals surface area contributed by atoms with Crippen molar-refractivity contribution in [1.29, 1.82) is 0 Å². The van der Waals surface area contributed by atoms with Crippen molar-refractivity contribution in [2.75, 3.05) is 0 Å². The highest BCUT2D eigenvalue weighted by atomic mass is 35.5. The molecule has 0 radical (unpaired) electrons. The van der Waals surface area contributed by atoms with E-state index in [4.69, 9.17) is 5.11 Å². The lowest BCUT2D eigenvalue weighted by atomic mass is 10.4. The van der Waals surface area contributed by atoms with Crippen LogP contribution in [0, 0.1) is 6.92 Å². The largest absolute Gasteiger partial charge is 0.463 e. The summed E-state index contributed by atoms with van der Waals surface area (Å²) >= 11 is 0. The smallest absolute Gasteiger partial charge is 0.432 e. The van der Waals surface area contributed by atoms with Gasteiger partial charge >= 0.3 is 6.09 Å². The van der Waals surface area contributed by atoms with E-state index in [2.05, 4.69) is 5.10 Å². The first-order chi connectivity index (χ1) is 4.20. The van der Waals surface area contributed by atoms with Crippen molar-refractivity contribution < 1.29 is 9.90 Å². The minimum Gasteiger partial charge on any atom is -0.463 e. The van der Waals surface area contributed by atoms with Gasteiger partial charge in [0.25, 0.3) is 0 Å². The average molecular weight is 163 g/mol. The molecule has 0 bridgehead atoms. The molecule has 0 aromatic carbocycles. The zero-order chi connectivity index (χ0) is 6.85. The molecule has 0 amide bonds. The number of halogens is 1. The van der Waals surface area contributed by atoms with E-state index >= 15 is 0 Å². The molecule has 10 heavy (non-hydrogen) atoms. The van der Waals surface area contributed by atoms with Crippen molar-refractivity contribution in [2.24, 2.45) is 0 Å². The fraction of sp³-hybridized carbons (Fsp3) is 0.200. The predicted molar refractivity (Wildman–Crippen MR) is 37.6 cm³/mol. The van der Waals surface area contributed by atoms with Gasteiger partial charge in [-0.05, 0) is 12.5 Å². The Balaban J connectivity index is 0.000000810. The lowest BCUT2D eigenvalue weighted by molar-refractivity contribution is 0.192. The fourth-order valence-electron chi connectivity index (χ4n) is 0.517. The summed E-state index contributed by atoms with van der Waals surface area (Å²) < 4.78 is 0.870. The molecule has 1 N–H and O–H groups in total. The summed E-state index contributed by atoms with van der Waals surface area (Å²) in [5.41, 5.74) is 0.845. The molecule has 0 saturated carbocycles. The Morgan fingerprint density at radius 2 is 2.40 bits per heavy atom. The molecule has 0 unspecified atom stereocenters. The van der Waals surface area contributed by atoms with Crippen LogP contribution < -0.4 is 0 Å². The van der Waals surface area contributed by atoms with E-state index in [1.54, 1.807) is 6.92 Å². The van der Waals surface area contributed by atoms with Crippen molar-refractivity contribution in [3.8, 4) is 0 Å². The Morgan fingerprint density at radius 3 is 2.60 bits per heavy atom. The van der Waals surface area contributed by atoms with Crippen LogP contribution in [0.2, 0.25) is 0 Å².